The molecule has 5 heteroatoms. The Labute approximate surface area is 104 Å². The summed E-state index contributed by atoms with van der Waals surface area (Å²) in [7, 11) is 0. The number of nitro benzene ring substituents is 1. The summed E-state index contributed by atoms with van der Waals surface area (Å²) in [5.74, 6) is 0.565. The molecule has 0 aliphatic rings. The molecule has 0 bridgehead atoms. The number of aliphatic imine (C=N–C) groups is 1. The molecule has 90 valence electrons. The lowest BCUT2D eigenvalue weighted by molar-refractivity contribution is -0.385. The summed E-state index contributed by atoms with van der Waals surface area (Å²) in [6, 6.07) is 10.2. The highest BCUT2D eigenvalue weighted by molar-refractivity contribution is 5.86. The van der Waals surface area contributed by atoms with E-state index in [0.717, 1.165) is 5.56 Å². The van der Waals surface area contributed by atoms with Crippen LogP contribution in [0.2, 0.25) is 0 Å². The van der Waals surface area contributed by atoms with Gasteiger partial charge >= 0.3 is 0 Å². The number of para-hydroxylation sites is 1. The van der Waals surface area contributed by atoms with Crippen molar-refractivity contribution in [1.82, 2.24) is 4.98 Å². The van der Waals surface area contributed by atoms with Crippen LogP contribution in [0, 0.1) is 17.0 Å². The van der Waals surface area contributed by atoms with Gasteiger partial charge in [-0.15, -0.1) is 0 Å². The Bertz CT molecular complexity index is 609. The number of hydrogen-bond acceptors (Lipinski definition) is 4. The van der Waals surface area contributed by atoms with Crippen LogP contribution in [0.4, 0.5) is 11.5 Å². The summed E-state index contributed by atoms with van der Waals surface area (Å²) < 4.78 is 0. The molecule has 1 aromatic carbocycles. The number of pyridine rings is 1. The molecule has 0 aliphatic heterocycles. The van der Waals surface area contributed by atoms with E-state index < -0.39 is 4.92 Å². The van der Waals surface area contributed by atoms with E-state index in [-0.39, 0.29) is 5.69 Å². The third kappa shape index (κ3) is 2.57. The SMILES string of the molecule is Cc1cccnc1/N=C/c1ccccc1[N+](=O)[O-]. The van der Waals surface area contributed by atoms with Crippen molar-refractivity contribution in [3.05, 3.63) is 63.8 Å². The lowest BCUT2D eigenvalue weighted by atomic mass is 10.2. The van der Waals surface area contributed by atoms with Gasteiger partial charge in [0.05, 0.1) is 10.5 Å². The average molecular weight is 241 g/mol. The van der Waals surface area contributed by atoms with Crippen LogP contribution in [-0.4, -0.2) is 16.1 Å². The molecule has 0 N–H and O–H groups in total. The quantitative estimate of drug-likeness (QED) is 0.471. The van der Waals surface area contributed by atoms with Crippen LogP contribution in [0.5, 0.6) is 0 Å². The highest BCUT2D eigenvalue weighted by Gasteiger charge is 2.09. The molecule has 0 saturated carbocycles. The van der Waals surface area contributed by atoms with Crippen molar-refractivity contribution in [3.63, 3.8) is 0 Å². The van der Waals surface area contributed by atoms with Gasteiger partial charge in [0, 0.05) is 18.5 Å². The maximum atomic E-state index is 10.8. The van der Waals surface area contributed by atoms with Crippen LogP contribution in [0.3, 0.4) is 0 Å². The van der Waals surface area contributed by atoms with Gasteiger partial charge < -0.3 is 0 Å². The first kappa shape index (κ1) is 11.9. The smallest absolute Gasteiger partial charge is 0.258 e. The fourth-order valence-electron chi connectivity index (χ4n) is 1.51. The van der Waals surface area contributed by atoms with Crippen LogP contribution in [-0.2, 0) is 0 Å². The number of aryl methyl sites for hydroxylation is 1. The predicted octanol–water partition coefficient (Wildman–Crippen LogP) is 3.05. The lowest BCUT2D eigenvalue weighted by Crippen LogP contribution is -1.93. The monoisotopic (exact) mass is 241 g/mol. The van der Waals surface area contributed by atoms with Gasteiger partial charge in [0.15, 0.2) is 5.82 Å². The molecule has 18 heavy (non-hydrogen) atoms. The van der Waals surface area contributed by atoms with Crippen molar-refractivity contribution in [2.24, 2.45) is 4.99 Å². The van der Waals surface area contributed by atoms with E-state index >= 15 is 0 Å². The minimum Gasteiger partial charge on any atom is -0.258 e. The molecule has 5 nitrogen and oxygen atoms in total. The third-order valence-electron chi connectivity index (χ3n) is 2.44. The van der Waals surface area contributed by atoms with E-state index in [1.807, 2.05) is 19.1 Å². The van der Waals surface area contributed by atoms with E-state index in [1.165, 1.54) is 12.3 Å². The zero-order chi connectivity index (χ0) is 13.0. The Hall–Kier alpha value is -2.56. The number of hydrogen-bond donors (Lipinski definition) is 0. The lowest BCUT2D eigenvalue weighted by Gasteiger charge is -1.98. The maximum Gasteiger partial charge on any atom is 0.278 e. The predicted molar refractivity (Wildman–Crippen MR) is 69.3 cm³/mol. The summed E-state index contributed by atoms with van der Waals surface area (Å²) >= 11 is 0. The Balaban J connectivity index is 2.35. The molecule has 0 saturated heterocycles. The molecule has 1 aromatic heterocycles. The number of rotatable bonds is 3. The minimum atomic E-state index is -0.424. The van der Waals surface area contributed by atoms with Gasteiger partial charge in [-0.1, -0.05) is 18.2 Å². The summed E-state index contributed by atoms with van der Waals surface area (Å²) in [5, 5.41) is 10.8. The van der Waals surface area contributed by atoms with Gasteiger partial charge in [-0.25, -0.2) is 9.98 Å². The Morgan fingerprint density at radius 2 is 2.06 bits per heavy atom. The van der Waals surface area contributed by atoms with E-state index in [4.69, 9.17) is 0 Å². The highest BCUT2D eigenvalue weighted by Crippen LogP contribution is 2.18. The van der Waals surface area contributed by atoms with Gasteiger partial charge in [-0.2, -0.15) is 0 Å². The van der Waals surface area contributed by atoms with Crippen molar-refractivity contribution >= 4 is 17.7 Å². The molecule has 0 amide bonds. The minimum absolute atomic E-state index is 0.0369. The summed E-state index contributed by atoms with van der Waals surface area (Å²) in [6.07, 6.45) is 3.10. The maximum absolute atomic E-state index is 10.8. The second-order valence-corrected chi connectivity index (χ2v) is 3.72. The molecule has 0 radical (unpaired) electrons. The van der Waals surface area contributed by atoms with Crippen molar-refractivity contribution in [2.75, 3.05) is 0 Å². The van der Waals surface area contributed by atoms with Gasteiger partial charge in [0.25, 0.3) is 5.69 Å². The fraction of sp³-hybridized carbons (Fsp3) is 0.0769. The highest BCUT2D eigenvalue weighted by atomic mass is 16.6. The summed E-state index contributed by atoms with van der Waals surface area (Å²) in [5.41, 5.74) is 1.43. The molecule has 1 heterocycles. The standard InChI is InChI=1S/C13H11N3O2/c1-10-5-4-8-14-13(10)15-9-11-6-2-3-7-12(11)16(17)18/h2-9H,1H3/b15-9+. The van der Waals surface area contributed by atoms with E-state index in [2.05, 4.69) is 9.98 Å². The van der Waals surface area contributed by atoms with Gasteiger partial charge in [-0.3, -0.25) is 10.1 Å². The van der Waals surface area contributed by atoms with E-state index in [0.29, 0.717) is 11.4 Å². The summed E-state index contributed by atoms with van der Waals surface area (Å²) in [6.45, 7) is 1.89. The van der Waals surface area contributed by atoms with Crippen molar-refractivity contribution < 1.29 is 4.92 Å². The van der Waals surface area contributed by atoms with E-state index in [1.54, 1.807) is 24.4 Å². The molecular weight excluding hydrogens is 230 g/mol. The van der Waals surface area contributed by atoms with E-state index in [9.17, 15) is 10.1 Å². The van der Waals surface area contributed by atoms with Crippen LogP contribution in [0.1, 0.15) is 11.1 Å². The largest absolute Gasteiger partial charge is 0.278 e. The second-order valence-electron chi connectivity index (χ2n) is 3.72. The Morgan fingerprint density at radius 1 is 1.28 bits per heavy atom. The van der Waals surface area contributed by atoms with Crippen molar-refractivity contribution in [3.8, 4) is 0 Å². The normalized spacial score (nSPS) is 10.7. The third-order valence-corrected chi connectivity index (χ3v) is 2.44. The molecule has 2 aromatic rings. The van der Waals surface area contributed by atoms with Crippen LogP contribution in [0.25, 0.3) is 0 Å². The van der Waals surface area contributed by atoms with Crippen molar-refractivity contribution in [2.45, 2.75) is 6.92 Å². The zero-order valence-corrected chi connectivity index (χ0v) is 9.78. The molecular formula is C13H11N3O2. The summed E-state index contributed by atoms with van der Waals surface area (Å²) in [4.78, 5) is 18.7. The number of nitrogens with zero attached hydrogens (tertiary/aromatic N) is 3. The molecule has 0 fully saturated rings. The molecule has 0 spiro atoms. The fourth-order valence-corrected chi connectivity index (χ4v) is 1.51. The van der Waals surface area contributed by atoms with Gasteiger partial charge in [0.1, 0.15) is 0 Å². The molecule has 2 rings (SSSR count). The molecule has 0 unspecified atom stereocenters. The first-order chi connectivity index (χ1) is 8.68. The van der Waals surface area contributed by atoms with Gasteiger partial charge in [0.2, 0.25) is 0 Å². The van der Waals surface area contributed by atoms with Crippen LogP contribution >= 0.6 is 0 Å². The molecule has 0 atom stereocenters. The van der Waals surface area contributed by atoms with Crippen molar-refractivity contribution in [1.29, 1.82) is 0 Å². The van der Waals surface area contributed by atoms with Crippen LogP contribution < -0.4 is 0 Å². The topological polar surface area (TPSA) is 68.4 Å². The first-order valence-corrected chi connectivity index (χ1v) is 5.37. The Morgan fingerprint density at radius 3 is 2.78 bits per heavy atom. The first-order valence-electron chi connectivity index (χ1n) is 5.37. The number of benzene rings is 1. The van der Waals surface area contributed by atoms with Crippen LogP contribution in [0.15, 0.2) is 47.6 Å². The number of aromatic nitrogens is 1. The Kier molecular flexibility index (Phi) is 3.43. The zero-order valence-electron chi connectivity index (χ0n) is 9.78. The number of nitro groups is 1. The van der Waals surface area contributed by atoms with Gasteiger partial charge in [-0.05, 0) is 24.6 Å². The average Bonchev–Trinajstić information content (AvgIpc) is 2.38. The second kappa shape index (κ2) is 5.18. The molecule has 0 aliphatic carbocycles.